The lowest BCUT2D eigenvalue weighted by Gasteiger charge is -2.13. The molecule has 0 aromatic carbocycles. The van der Waals surface area contributed by atoms with E-state index in [1.807, 2.05) is 0 Å². The molecule has 0 aliphatic rings. The van der Waals surface area contributed by atoms with Crippen LogP contribution in [0, 0.1) is 5.92 Å². The molecule has 0 saturated carbocycles. The minimum Gasteiger partial charge on any atom is -0.235 e. The predicted molar refractivity (Wildman–Crippen MR) is 76.5 cm³/mol. The number of hydrogen-bond acceptors (Lipinski definition) is 4. The van der Waals surface area contributed by atoms with Crippen LogP contribution in [0.25, 0.3) is 0 Å². The van der Waals surface area contributed by atoms with Gasteiger partial charge in [-0.2, -0.15) is 0 Å². The first-order chi connectivity index (χ1) is 8.12. The molecule has 1 heterocycles. The summed E-state index contributed by atoms with van der Waals surface area (Å²) in [5, 5.41) is -0.500. The average molecular weight is 356 g/mol. The average Bonchev–Trinajstić information content (AvgIpc) is 2.21. The zero-order valence-electron chi connectivity index (χ0n) is 10.7. The molecule has 18 heavy (non-hydrogen) atoms. The number of sulfone groups is 1. The molecular weight excluding hydrogens is 340 g/mol. The molecule has 0 N–H and O–H groups in total. The number of nitrogens with zero attached hydrogens (tertiary/aromatic N) is 2. The topological polar surface area (TPSA) is 59.9 Å². The second-order valence-electron chi connectivity index (χ2n) is 4.70. The van der Waals surface area contributed by atoms with E-state index in [0.717, 1.165) is 5.69 Å². The fourth-order valence-electron chi connectivity index (χ4n) is 1.38. The van der Waals surface area contributed by atoms with Crippen LogP contribution in [0.5, 0.6) is 0 Å². The van der Waals surface area contributed by atoms with Gasteiger partial charge in [-0.3, -0.25) is 0 Å². The lowest BCUT2D eigenvalue weighted by Crippen LogP contribution is -2.14. The van der Waals surface area contributed by atoms with Gasteiger partial charge >= 0.3 is 0 Å². The van der Waals surface area contributed by atoms with Gasteiger partial charge in [0.1, 0.15) is 16.2 Å². The van der Waals surface area contributed by atoms with E-state index in [0.29, 0.717) is 16.8 Å². The molecule has 1 unspecified atom stereocenters. The van der Waals surface area contributed by atoms with Gasteiger partial charge in [0.05, 0.1) is 10.2 Å². The van der Waals surface area contributed by atoms with Crippen LogP contribution in [0.15, 0.2) is 4.47 Å². The molecular formula is C11H16BrClN2O2S. The van der Waals surface area contributed by atoms with Crippen molar-refractivity contribution in [2.45, 2.75) is 32.4 Å². The highest BCUT2D eigenvalue weighted by molar-refractivity contribution is 9.10. The Labute approximate surface area is 121 Å². The van der Waals surface area contributed by atoms with Crippen LogP contribution in [0.1, 0.15) is 37.5 Å². The van der Waals surface area contributed by atoms with Crippen molar-refractivity contribution >= 4 is 37.4 Å². The van der Waals surface area contributed by atoms with E-state index >= 15 is 0 Å². The zero-order valence-corrected chi connectivity index (χ0v) is 13.9. The lowest BCUT2D eigenvalue weighted by atomic mass is 10.1. The van der Waals surface area contributed by atoms with Gasteiger partial charge in [0.15, 0.2) is 9.84 Å². The SMILES string of the molecule is CC(C)Cc1nc(C(C)S(C)(=O)=O)nc(Cl)c1Br. The van der Waals surface area contributed by atoms with E-state index in [2.05, 4.69) is 39.7 Å². The largest absolute Gasteiger partial charge is 0.235 e. The quantitative estimate of drug-likeness (QED) is 0.778. The molecule has 102 valence electrons. The molecule has 0 spiro atoms. The summed E-state index contributed by atoms with van der Waals surface area (Å²) < 4.78 is 23.7. The maximum Gasteiger partial charge on any atom is 0.157 e. The summed E-state index contributed by atoms with van der Waals surface area (Å²) in [6.07, 6.45) is 1.88. The molecule has 0 amide bonds. The third-order valence-corrected chi connectivity index (χ3v) is 5.33. The van der Waals surface area contributed by atoms with Crippen molar-refractivity contribution in [2.75, 3.05) is 6.26 Å². The fraction of sp³-hybridized carbons (Fsp3) is 0.636. The van der Waals surface area contributed by atoms with Crippen LogP contribution in [-0.4, -0.2) is 24.6 Å². The molecule has 0 aliphatic heterocycles. The van der Waals surface area contributed by atoms with Crippen LogP contribution < -0.4 is 0 Å². The standard InChI is InChI=1S/C11H16BrClN2O2S/c1-6(2)5-8-9(12)10(13)15-11(14-8)7(3)18(4,16)17/h6-7H,5H2,1-4H3. The third-order valence-electron chi connectivity index (χ3n) is 2.50. The Morgan fingerprint density at radius 3 is 2.28 bits per heavy atom. The van der Waals surface area contributed by atoms with Crippen molar-refractivity contribution < 1.29 is 8.42 Å². The predicted octanol–water partition coefficient (Wildman–Crippen LogP) is 3.20. The second-order valence-corrected chi connectivity index (χ2v) is 8.22. The van der Waals surface area contributed by atoms with Crippen LogP contribution in [-0.2, 0) is 16.3 Å². The maximum absolute atomic E-state index is 11.5. The van der Waals surface area contributed by atoms with E-state index in [1.54, 1.807) is 6.92 Å². The summed E-state index contributed by atoms with van der Waals surface area (Å²) in [6, 6.07) is 0. The van der Waals surface area contributed by atoms with Gasteiger partial charge < -0.3 is 0 Å². The number of rotatable bonds is 4. The van der Waals surface area contributed by atoms with E-state index in [-0.39, 0.29) is 11.0 Å². The van der Waals surface area contributed by atoms with E-state index < -0.39 is 15.1 Å². The van der Waals surface area contributed by atoms with Crippen molar-refractivity contribution in [2.24, 2.45) is 5.92 Å². The summed E-state index contributed by atoms with van der Waals surface area (Å²) in [7, 11) is -3.23. The lowest BCUT2D eigenvalue weighted by molar-refractivity contribution is 0.587. The first-order valence-corrected chi connectivity index (χ1v) is 8.66. The molecule has 7 heteroatoms. The van der Waals surface area contributed by atoms with Gasteiger partial charge in [0.2, 0.25) is 0 Å². The van der Waals surface area contributed by atoms with Crippen LogP contribution in [0.4, 0.5) is 0 Å². The number of halogens is 2. The van der Waals surface area contributed by atoms with E-state index in [1.165, 1.54) is 6.26 Å². The third kappa shape index (κ3) is 3.90. The summed E-state index contributed by atoms with van der Waals surface area (Å²) in [6.45, 7) is 5.68. The fourth-order valence-corrected chi connectivity index (χ4v) is 2.40. The maximum atomic E-state index is 11.5. The summed E-state index contributed by atoms with van der Waals surface area (Å²) in [5.74, 6) is 0.648. The smallest absolute Gasteiger partial charge is 0.157 e. The Bertz CT molecular complexity index is 546. The molecule has 0 radical (unpaired) electrons. The van der Waals surface area contributed by atoms with Gasteiger partial charge in [0, 0.05) is 6.26 Å². The molecule has 0 fully saturated rings. The Balaban J connectivity index is 3.28. The van der Waals surface area contributed by atoms with Gasteiger partial charge in [-0.15, -0.1) is 0 Å². The Morgan fingerprint density at radius 1 is 1.28 bits per heavy atom. The number of aromatic nitrogens is 2. The van der Waals surface area contributed by atoms with Crippen molar-refractivity contribution in [1.29, 1.82) is 0 Å². The van der Waals surface area contributed by atoms with E-state index in [9.17, 15) is 8.42 Å². The summed E-state index contributed by atoms with van der Waals surface area (Å²) in [4.78, 5) is 8.35. The highest BCUT2D eigenvalue weighted by Gasteiger charge is 2.23. The van der Waals surface area contributed by atoms with Crippen molar-refractivity contribution in [3.05, 3.63) is 21.1 Å². The molecule has 4 nitrogen and oxygen atoms in total. The molecule has 0 saturated heterocycles. The molecule has 1 aromatic rings. The zero-order chi connectivity index (χ0) is 14.1. The minimum absolute atomic E-state index is 0.251. The molecule has 1 atom stereocenters. The second kappa shape index (κ2) is 5.84. The highest BCUT2D eigenvalue weighted by atomic mass is 79.9. The van der Waals surface area contributed by atoms with Crippen LogP contribution in [0.3, 0.4) is 0 Å². The minimum atomic E-state index is -3.23. The van der Waals surface area contributed by atoms with Gasteiger partial charge in [-0.25, -0.2) is 18.4 Å². The highest BCUT2D eigenvalue weighted by Crippen LogP contribution is 2.28. The molecule has 0 bridgehead atoms. The van der Waals surface area contributed by atoms with Gasteiger partial charge in [-0.1, -0.05) is 25.4 Å². The molecule has 1 aromatic heterocycles. The monoisotopic (exact) mass is 354 g/mol. The van der Waals surface area contributed by atoms with E-state index in [4.69, 9.17) is 11.6 Å². The van der Waals surface area contributed by atoms with Gasteiger partial charge in [0.25, 0.3) is 0 Å². The Hall–Kier alpha value is -0.200. The summed E-state index contributed by atoms with van der Waals surface area (Å²) in [5.41, 5.74) is 0.746. The molecule has 0 aliphatic carbocycles. The first-order valence-electron chi connectivity index (χ1n) is 5.53. The van der Waals surface area contributed by atoms with Crippen LogP contribution >= 0.6 is 27.5 Å². The van der Waals surface area contributed by atoms with Crippen molar-refractivity contribution in [3.63, 3.8) is 0 Å². The van der Waals surface area contributed by atoms with Crippen molar-refractivity contribution in [1.82, 2.24) is 9.97 Å². The van der Waals surface area contributed by atoms with Gasteiger partial charge in [-0.05, 0) is 35.2 Å². The van der Waals surface area contributed by atoms with Crippen molar-refractivity contribution in [3.8, 4) is 0 Å². The van der Waals surface area contributed by atoms with Crippen LogP contribution in [0.2, 0.25) is 5.15 Å². The molecule has 1 rings (SSSR count). The Kier molecular flexibility index (Phi) is 5.14. The number of hydrogen-bond donors (Lipinski definition) is 0. The normalized spacial score (nSPS) is 13.9. The Morgan fingerprint density at radius 2 is 1.83 bits per heavy atom. The first kappa shape index (κ1) is 15.9. The summed E-state index contributed by atoms with van der Waals surface area (Å²) >= 11 is 9.34.